The molecule has 1 atom stereocenters. The van der Waals surface area contributed by atoms with E-state index in [1.807, 2.05) is 13.1 Å². The molecule has 1 aliphatic rings. The molecule has 1 aliphatic heterocycles. The maximum absolute atomic E-state index is 5.25. The Bertz CT molecular complexity index is 353. The van der Waals surface area contributed by atoms with Gasteiger partial charge in [0.25, 0.3) is 0 Å². The van der Waals surface area contributed by atoms with E-state index in [0.717, 1.165) is 37.8 Å². The van der Waals surface area contributed by atoms with Gasteiger partial charge in [-0.1, -0.05) is 0 Å². The van der Waals surface area contributed by atoms with Gasteiger partial charge in [-0.15, -0.1) is 5.10 Å². The van der Waals surface area contributed by atoms with Crippen molar-refractivity contribution in [2.75, 3.05) is 38.8 Å². The lowest BCUT2D eigenvalue weighted by molar-refractivity contribution is 0.143. The van der Waals surface area contributed by atoms with E-state index in [4.69, 9.17) is 4.74 Å². The second-order valence-corrected chi connectivity index (χ2v) is 4.82. The molecule has 100 valence electrons. The molecule has 0 spiro atoms. The first-order valence-electron chi connectivity index (χ1n) is 6.54. The highest BCUT2D eigenvalue weighted by Gasteiger charge is 2.20. The highest BCUT2D eigenvalue weighted by atomic mass is 16.5. The first-order chi connectivity index (χ1) is 8.83. The van der Waals surface area contributed by atoms with Crippen LogP contribution in [0.5, 0.6) is 0 Å². The summed E-state index contributed by atoms with van der Waals surface area (Å²) in [5.41, 5.74) is 0.978. The van der Waals surface area contributed by atoms with Crippen molar-refractivity contribution in [3.05, 3.63) is 17.8 Å². The van der Waals surface area contributed by atoms with Crippen LogP contribution in [0.25, 0.3) is 0 Å². The van der Waals surface area contributed by atoms with E-state index in [2.05, 4.69) is 26.5 Å². The third-order valence-corrected chi connectivity index (χ3v) is 3.31. The summed E-state index contributed by atoms with van der Waals surface area (Å²) < 4.78 is 5.25. The van der Waals surface area contributed by atoms with Crippen molar-refractivity contribution in [1.82, 2.24) is 15.5 Å². The third kappa shape index (κ3) is 3.40. The molecule has 0 bridgehead atoms. The molecule has 1 N–H and O–H groups in total. The molecular weight excluding hydrogens is 228 g/mol. The molecule has 5 nitrogen and oxygen atoms in total. The van der Waals surface area contributed by atoms with E-state index in [-0.39, 0.29) is 0 Å². The summed E-state index contributed by atoms with van der Waals surface area (Å²) >= 11 is 0. The van der Waals surface area contributed by atoms with Crippen molar-refractivity contribution in [2.45, 2.75) is 19.4 Å². The molecule has 1 aromatic rings. The zero-order valence-corrected chi connectivity index (χ0v) is 11.2. The van der Waals surface area contributed by atoms with Crippen LogP contribution in [0.4, 0.5) is 5.82 Å². The monoisotopic (exact) mass is 250 g/mol. The predicted molar refractivity (Wildman–Crippen MR) is 71.6 cm³/mol. The summed E-state index contributed by atoms with van der Waals surface area (Å²) in [5, 5.41) is 11.6. The number of methoxy groups -OCH3 is 1. The van der Waals surface area contributed by atoms with Crippen molar-refractivity contribution in [3.8, 4) is 0 Å². The van der Waals surface area contributed by atoms with E-state index >= 15 is 0 Å². The lowest BCUT2D eigenvalue weighted by Gasteiger charge is -2.32. The van der Waals surface area contributed by atoms with Crippen LogP contribution in [-0.2, 0) is 11.3 Å². The highest BCUT2D eigenvalue weighted by molar-refractivity contribution is 5.37. The number of hydrogen-bond acceptors (Lipinski definition) is 5. The summed E-state index contributed by atoms with van der Waals surface area (Å²) in [6, 6.07) is 4.10. The van der Waals surface area contributed by atoms with E-state index in [0.29, 0.717) is 5.92 Å². The van der Waals surface area contributed by atoms with Gasteiger partial charge in [0.05, 0.1) is 12.3 Å². The van der Waals surface area contributed by atoms with Crippen LogP contribution in [-0.4, -0.2) is 44.1 Å². The number of rotatable bonds is 5. The van der Waals surface area contributed by atoms with Crippen molar-refractivity contribution in [2.24, 2.45) is 5.92 Å². The summed E-state index contributed by atoms with van der Waals surface area (Å²) in [7, 11) is 3.68. The first kappa shape index (κ1) is 13.2. The Morgan fingerprint density at radius 3 is 3.00 bits per heavy atom. The molecule has 2 heterocycles. The SMILES string of the molecule is CNCc1ccc(N2CCCC(COC)C2)nn1. The minimum absolute atomic E-state index is 0.613. The van der Waals surface area contributed by atoms with Gasteiger partial charge in [0.15, 0.2) is 5.82 Å². The zero-order valence-electron chi connectivity index (χ0n) is 11.2. The average molecular weight is 250 g/mol. The van der Waals surface area contributed by atoms with E-state index in [9.17, 15) is 0 Å². The van der Waals surface area contributed by atoms with Crippen molar-refractivity contribution in [3.63, 3.8) is 0 Å². The summed E-state index contributed by atoms with van der Waals surface area (Å²) in [6.45, 7) is 3.69. The molecular formula is C13H22N4O. The molecule has 1 saturated heterocycles. The van der Waals surface area contributed by atoms with Crippen LogP contribution in [0, 0.1) is 5.92 Å². The van der Waals surface area contributed by atoms with Gasteiger partial charge < -0.3 is 15.0 Å². The molecule has 18 heavy (non-hydrogen) atoms. The number of ether oxygens (including phenoxy) is 1. The van der Waals surface area contributed by atoms with Crippen LogP contribution in [0.2, 0.25) is 0 Å². The van der Waals surface area contributed by atoms with Gasteiger partial charge >= 0.3 is 0 Å². The summed E-state index contributed by atoms with van der Waals surface area (Å²) in [4.78, 5) is 2.31. The van der Waals surface area contributed by atoms with E-state index in [1.165, 1.54) is 12.8 Å². The average Bonchev–Trinajstić information content (AvgIpc) is 2.41. The predicted octanol–water partition coefficient (Wildman–Crippen LogP) is 1.06. The van der Waals surface area contributed by atoms with Gasteiger partial charge in [0, 0.05) is 26.7 Å². The van der Waals surface area contributed by atoms with Crippen molar-refractivity contribution in [1.29, 1.82) is 0 Å². The number of hydrogen-bond donors (Lipinski definition) is 1. The van der Waals surface area contributed by atoms with Crippen molar-refractivity contribution >= 4 is 5.82 Å². The van der Waals surface area contributed by atoms with Crippen LogP contribution >= 0.6 is 0 Å². The third-order valence-electron chi connectivity index (χ3n) is 3.31. The number of nitrogens with one attached hydrogen (secondary N) is 1. The Labute approximate surface area is 109 Å². The standard InChI is InChI=1S/C13H22N4O/c1-14-8-12-5-6-13(16-15-12)17-7-3-4-11(9-17)10-18-2/h5-6,11,14H,3-4,7-10H2,1-2H3. The number of nitrogens with zero attached hydrogens (tertiary/aromatic N) is 3. The highest BCUT2D eigenvalue weighted by Crippen LogP contribution is 2.21. The maximum Gasteiger partial charge on any atom is 0.151 e. The maximum atomic E-state index is 5.25. The quantitative estimate of drug-likeness (QED) is 0.847. The fraction of sp³-hybridized carbons (Fsp3) is 0.692. The Hall–Kier alpha value is -1.20. The van der Waals surface area contributed by atoms with E-state index in [1.54, 1.807) is 7.11 Å². The molecule has 2 rings (SSSR count). The Morgan fingerprint density at radius 2 is 2.33 bits per heavy atom. The van der Waals surface area contributed by atoms with Crippen LogP contribution < -0.4 is 10.2 Å². The van der Waals surface area contributed by atoms with Crippen LogP contribution in [0.3, 0.4) is 0 Å². The summed E-state index contributed by atoms with van der Waals surface area (Å²) in [6.07, 6.45) is 2.45. The minimum atomic E-state index is 0.613. The van der Waals surface area contributed by atoms with Gasteiger partial charge in [-0.25, -0.2) is 0 Å². The fourth-order valence-corrected chi connectivity index (χ4v) is 2.44. The molecule has 1 aromatic heterocycles. The molecule has 1 fully saturated rings. The first-order valence-corrected chi connectivity index (χ1v) is 6.54. The van der Waals surface area contributed by atoms with Crippen LogP contribution in [0.1, 0.15) is 18.5 Å². The number of aromatic nitrogens is 2. The number of piperidine rings is 1. The smallest absolute Gasteiger partial charge is 0.151 e. The lowest BCUT2D eigenvalue weighted by atomic mass is 9.99. The molecule has 0 aliphatic carbocycles. The lowest BCUT2D eigenvalue weighted by Crippen LogP contribution is -2.37. The van der Waals surface area contributed by atoms with Crippen LogP contribution in [0.15, 0.2) is 12.1 Å². The minimum Gasteiger partial charge on any atom is -0.384 e. The van der Waals surface area contributed by atoms with Gasteiger partial charge in [-0.2, -0.15) is 5.10 Å². The van der Waals surface area contributed by atoms with Gasteiger partial charge in [-0.05, 0) is 37.9 Å². The molecule has 0 saturated carbocycles. The zero-order chi connectivity index (χ0) is 12.8. The Kier molecular flexibility index (Phi) is 4.90. The van der Waals surface area contributed by atoms with Crippen molar-refractivity contribution < 1.29 is 4.74 Å². The molecule has 5 heteroatoms. The Balaban J connectivity index is 1.97. The topological polar surface area (TPSA) is 50.3 Å². The number of anilines is 1. The molecule has 0 aromatic carbocycles. The largest absolute Gasteiger partial charge is 0.384 e. The molecule has 0 amide bonds. The normalized spacial score (nSPS) is 20.1. The second-order valence-electron chi connectivity index (χ2n) is 4.82. The second kappa shape index (κ2) is 6.66. The van der Waals surface area contributed by atoms with E-state index < -0.39 is 0 Å². The molecule has 1 unspecified atom stereocenters. The van der Waals surface area contributed by atoms with Gasteiger partial charge in [0.2, 0.25) is 0 Å². The van der Waals surface area contributed by atoms with Gasteiger partial charge in [0.1, 0.15) is 0 Å². The molecule has 0 radical (unpaired) electrons. The fourth-order valence-electron chi connectivity index (χ4n) is 2.44. The summed E-state index contributed by atoms with van der Waals surface area (Å²) in [5.74, 6) is 1.60. The Morgan fingerprint density at radius 1 is 1.44 bits per heavy atom. The van der Waals surface area contributed by atoms with Gasteiger partial charge in [-0.3, -0.25) is 0 Å².